The highest BCUT2D eigenvalue weighted by Crippen LogP contribution is 2.24. The zero-order chi connectivity index (χ0) is 14.7. The molecule has 1 fully saturated rings. The maximum atomic E-state index is 3.75. The van der Waals surface area contributed by atoms with Crippen LogP contribution in [0, 0.1) is 0 Å². The molecule has 0 bridgehead atoms. The number of rotatable bonds is 4. The molecule has 1 aliphatic heterocycles. The molecule has 1 N–H and O–H groups in total. The summed E-state index contributed by atoms with van der Waals surface area (Å²) >= 11 is 0. The van der Waals surface area contributed by atoms with Gasteiger partial charge in [-0.15, -0.1) is 0 Å². The number of nitrogens with one attached hydrogen (secondary N) is 1. The number of hydrogen-bond acceptors (Lipinski definition) is 2. The van der Waals surface area contributed by atoms with Gasteiger partial charge in [0.25, 0.3) is 0 Å². The molecule has 0 spiro atoms. The SMILES string of the molecule is CC(NCC1CCCCN1C)c1cccc2ccccc12. The van der Waals surface area contributed by atoms with Crippen molar-refractivity contribution >= 4 is 10.8 Å². The number of fused-ring (bicyclic) bond motifs is 1. The third kappa shape index (κ3) is 3.28. The highest BCUT2D eigenvalue weighted by atomic mass is 15.2. The molecule has 112 valence electrons. The smallest absolute Gasteiger partial charge is 0.0298 e. The van der Waals surface area contributed by atoms with Gasteiger partial charge in [-0.05, 0) is 49.7 Å². The Morgan fingerprint density at radius 1 is 1.14 bits per heavy atom. The van der Waals surface area contributed by atoms with E-state index in [4.69, 9.17) is 0 Å². The Hall–Kier alpha value is -1.38. The van der Waals surface area contributed by atoms with Crippen molar-refractivity contribution in [3.05, 3.63) is 48.0 Å². The van der Waals surface area contributed by atoms with E-state index in [0.29, 0.717) is 12.1 Å². The van der Waals surface area contributed by atoms with Crippen LogP contribution in [0.1, 0.15) is 37.8 Å². The van der Waals surface area contributed by atoms with E-state index in [1.54, 1.807) is 0 Å². The first-order chi connectivity index (χ1) is 10.3. The zero-order valence-corrected chi connectivity index (χ0v) is 13.2. The van der Waals surface area contributed by atoms with Crippen LogP contribution in [-0.4, -0.2) is 31.1 Å². The first-order valence-electron chi connectivity index (χ1n) is 8.17. The lowest BCUT2D eigenvalue weighted by atomic mass is 9.98. The summed E-state index contributed by atoms with van der Waals surface area (Å²) in [7, 11) is 2.26. The van der Waals surface area contributed by atoms with E-state index in [0.717, 1.165) is 6.54 Å². The largest absolute Gasteiger partial charge is 0.309 e. The van der Waals surface area contributed by atoms with Gasteiger partial charge in [0.05, 0.1) is 0 Å². The maximum absolute atomic E-state index is 3.75. The third-order valence-corrected chi connectivity index (χ3v) is 4.87. The van der Waals surface area contributed by atoms with Crippen molar-refractivity contribution in [1.82, 2.24) is 10.2 Å². The number of likely N-dealkylation sites (N-methyl/N-ethyl adjacent to an activating group) is 1. The Labute approximate surface area is 128 Å². The van der Waals surface area contributed by atoms with Gasteiger partial charge in [-0.1, -0.05) is 48.9 Å². The Morgan fingerprint density at radius 2 is 1.95 bits per heavy atom. The minimum absolute atomic E-state index is 0.395. The highest BCUT2D eigenvalue weighted by Gasteiger charge is 2.19. The number of benzene rings is 2. The molecule has 2 aromatic carbocycles. The van der Waals surface area contributed by atoms with Crippen molar-refractivity contribution in [2.24, 2.45) is 0 Å². The first kappa shape index (κ1) is 14.6. The van der Waals surface area contributed by atoms with Gasteiger partial charge in [-0.3, -0.25) is 0 Å². The van der Waals surface area contributed by atoms with E-state index in [2.05, 4.69) is 66.7 Å². The molecule has 2 nitrogen and oxygen atoms in total. The lowest BCUT2D eigenvalue weighted by Gasteiger charge is -2.33. The van der Waals surface area contributed by atoms with Crippen molar-refractivity contribution in [1.29, 1.82) is 0 Å². The van der Waals surface area contributed by atoms with Gasteiger partial charge in [-0.2, -0.15) is 0 Å². The van der Waals surface area contributed by atoms with Gasteiger partial charge < -0.3 is 10.2 Å². The monoisotopic (exact) mass is 282 g/mol. The van der Waals surface area contributed by atoms with Gasteiger partial charge in [0, 0.05) is 18.6 Å². The summed E-state index contributed by atoms with van der Waals surface area (Å²) in [6.07, 6.45) is 4.05. The molecule has 2 atom stereocenters. The van der Waals surface area contributed by atoms with Gasteiger partial charge >= 0.3 is 0 Å². The number of piperidine rings is 1. The molecule has 1 aliphatic rings. The average Bonchev–Trinajstić information content (AvgIpc) is 2.53. The van der Waals surface area contributed by atoms with Crippen LogP contribution in [0.2, 0.25) is 0 Å². The Morgan fingerprint density at radius 3 is 2.81 bits per heavy atom. The Kier molecular flexibility index (Phi) is 4.57. The minimum atomic E-state index is 0.395. The van der Waals surface area contributed by atoms with Crippen LogP contribution in [0.15, 0.2) is 42.5 Å². The fraction of sp³-hybridized carbons (Fsp3) is 0.474. The molecule has 1 saturated heterocycles. The normalized spacial score (nSPS) is 21.5. The fourth-order valence-corrected chi connectivity index (χ4v) is 3.45. The van der Waals surface area contributed by atoms with Gasteiger partial charge in [0.2, 0.25) is 0 Å². The lowest BCUT2D eigenvalue weighted by Crippen LogP contribution is -2.43. The number of hydrogen-bond donors (Lipinski definition) is 1. The Balaban J connectivity index is 1.70. The summed E-state index contributed by atoms with van der Waals surface area (Å²) < 4.78 is 0. The predicted octanol–water partition coefficient (Wildman–Crippen LogP) is 3.97. The van der Waals surface area contributed by atoms with Crippen LogP contribution >= 0.6 is 0 Å². The zero-order valence-electron chi connectivity index (χ0n) is 13.2. The van der Waals surface area contributed by atoms with E-state index in [1.165, 1.54) is 42.1 Å². The van der Waals surface area contributed by atoms with Crippen LogP contribution < -0.4 is 5.32 Å². The molecule has 21 heavy (non-hydrogen) atoms. The summed E-state index contributed by atoms with van der Waals surface area (Å²) in [5.41, 5.74) is 1.41. The molecule has 2 heteroatoms. The van der Waals surface area contributed by atoms with E-state index in [9.17, 15) is 0 Å². The second-order valence-corrected chi connectivity index (χ2v) is 6.33. The van der Waals surface area contributed by atoms with Crippen molar-refractivity contribution in [2.45, 2.75) is 38.3 Å². The summed E-state index contributed by atoms with van der Waals surface area (Å²) in [6.45, 7) is 4.61. The van der Waals surface area contributed by atoms with E-state index >= 15 is 0 Å². The molecule has 0 amide bonds. The van der Waals surface area contributed by atoms with Crippen LogP contribution in [-0.2, 0) is 0 Å². The molecule has 0 radical (unpaired) electrons. The van der Waals surface area contributed by atoms with Crippen LogP contribution in [0.3, 0.4) is 0 Å². The number of likely N-dealkylation sites (tertiary alicyclic amines) is 1. The summed E-state index contributed by atoms with van der Waals surface area (Å²) in [4.78, 5) is 2.51. The standard InChI is InChI=1S/C19H26N2/c1-15(20-14-17-10-5-6-13-21(17)2)18-12-7-9-16-8-3-4-11-19(16)18/h3-4,7-9,11-12,15,17,20H,5-6,10,13-14H2,1-2H3. The molecule has 3 rings (SSSR count). The van der Waals surface area contributed by atoms with Crippen molar-refractivity contribution in [2.75, 3.05) is 20.1 Å². The molecule has 1 heterocycles. The number of nitrogens with zero attached hydrogens (tertiary/aromatic N) is 1. The average molecular weight is 282 g/mol. The summed E-state index contributed by atoms with van der Waals surface area (Å²) in [5.74, 6) is 0. The van der Waals surface area contributed by atoms with E-state index < -0.39 is 0 Å². The molecule has 2 aromatic rings. The van der Waals surface area contributed by atoms with Crippen LogP contribution in [0.25, 0.3) is 10.8 Å². The minimum Gasteiger partial charge on any atom is -0.309 e. The second-order valence-electron chi connectivity index (χ2n) is 6.33. The van der Waals surface area contributed by atoms with E-state index in [-0.39, 0.29) is 0 Å². The topological polar surface area (TPSA) is 15.3 Å². The summed E-state index contributed by atoms with van der Waals surface area (Å²) in [6, 6.07) is 16.4. The second kappa shape index (κ2) is 6.59. The molecule has 0 aromatic heterocycles. The predicted molar refractivity (Wildman–Crippen MR) is 90.6 cm³/mol. The molecule has 2 unspecified atom stereocenters. The molecule has 0 saturated carbocycles. The van der Waals surface area contributed by atoms with Crippen molar-refractivity contribution < 1.29 is 0 Å². The molecular weight excluding hydrogens is 256 g/mol. The van der Waals surface area contributed by atoms with E-state index in [1.807, 2.05) is 0 Å². The van der Waals surface area contributed by atoms with Crippen molar-refractivity contribution in [3.63, 3.8) is 0 Å². The molecular formula is C19H26N2. The first-order valence-corrected chi connectivity index (χ1v) is 8.17. The highest BCUT2D eigenvalue weighted by molar-refractivity contribution is 5.86. The Bertz CT molecular complexity index is 588. The van der Waals surface area contributed by atoms with Crippen LogP contribution in [0.5, 0.6) is 0 Å². The maximum Gasteiger partial charge on any atom is 0.0298 e. The van der Waals surface area contributed by atoms with Gasteiger partial charge in [0.1, 0.15) is 0 Å². The fourth-order valence-electron chi connectivity index (χ4n) is 3.45. The van der Waals surface area contributed by atoms with Gasteiger partial charge in [-0.25, -0.2) is 0 Å². The van der Waals surface area contributed by atoms with Crippen LogP contribution in [0.4, 0.5) is 0 Å². The lowest BCUT2D eigenvalue weighted by molar-refractivity contribution is 0.178. The quantitative estimate of drug-likeness (QED) is 0.912. The molecule has 0 aliphatic carbocycles. The van der Waals surface area contributed by atoms with Gasteiger partial charge in [0.15, 0.2) is 0 Å². The van der Waals surface area contributed by atoms with Crippen molar-refractivity contribution in [3.8, 4) is 0 Å². The third-order valence-electron chi connectivity index (χ3n) is 4.87. The summed E-state index contributed by atoms with van der Waals surface area (Å²) in [5, 5.41) is 6.45.